The van der Waals surface area contributed by atoms with Crippen LogP contribution in [-0.2, 0) is 22.3 Å². The number of aryl methyl sites for hydroxylation is 2. The van der Waals surface area contributed by atoms with Crippen molar-refractivity contribution < 1.29 is 19.3 Å². The van der Waals surface area contributed by atoms with E-state index in [2.05, 4.69) is 25.1 Å². The molecule has 0 radical (unpaired) electrons. The zero-order valence-electron chi connectivity index (χ0n) is 14.3. The van der Waals surface area contributed by atoms with Gasteiger partial charge in [0.2, 0.25) is 0 Å². The Labute approximate surface area is 159 Å². The number of aromatic amines is 2. The van der Waals surface area contributed by atoms with Gasteiger partial charge in [-0.05, 0) is 25.0 Å². The fraction of sp³-hybridized carbons (Fsp3) is 0.471. The number of halogens is 1. The zero-order chi connectivity index (χ0) is 18.4. The Balaban J connectivity index is 1.33. The Kier molecular flexibility index (Phi) is 4.24. The molecule has 2 aliphatic heterocycles. The van der Waals surface area contributed by atoms with Gasteiger partial charge in [-0.25, -0.2) is 4.98 Å². The molecule has 27 heavy (non-hydrogen) atoms. The molecular weight excluding hydrogens is 374 g/mol. The molecule has 0 saturated carbocycles. The Hall–Kier alpha value is -2.20. The first kappa shape index (κ1) is 16.9. The number of nitrogens with one attached hydrogen (secondary N) is 2. The molecule has 3 aromatic heterocycles. The summed E-state index contributed by atoms with van der Waals surface area (Å²) in [6.45, 7) is 0.596. The molecule has 0 spiro atoms. The van der Waals surface area contributed by atoms with Crippen molar-refractivity contribution in [1.29, 1.82) is 0 Å². The highest BCUT2D eigenvalue weighted by molar-refractivity contribution is 6.31. The number of ether oxygens (including phenoxy) is 3. The average molecular weight is 392 g/mol. The van der Waals surface area contributed by atoms with E-state index in [0.717, 1.165) is 17.8 Å². The summed E-state index contributed by atoms with van der Waals surface area (Å²) in [4.78, 5) is 12.1. The summed E-state index contributed by atoms with van der Waals surface area (Å²) < 4.78 is 17.0. The number of fused-ring (bicyclic) bond motifs is 2. The van der Waals surface area contributed by atoms with Gasteiger partial charge in [-0.15, -0.1) is 0 Å². The van der Waals surface area contributed by atoms with Crippen molar-refractivity contribution >= 4 is 22.8 Å². The quantitative estimate of drug-likeness (QED) is 0.594. The van der Waals surface area contributed by atoms with Crippen molar-refractivity contribution in [3.63, 3.8) is 0 Å². The van der Waals surface area contributed by atoms with Gasteiger partial charge >= 0.3 is 0 Å². The molecule has 0 amide bonds. The minimum absolute atomic E-state index is 0.256. The Morgan fingerprint density at radius 3 is 2.96 bits per heavy atom. The van der Waals surface area contributed by atoms with Crippen molar-refractivity contribution in [3.8, 4) is 6.01 Å². The molecular formula is C17H18ClN5O4. The molecule has 0 aromatic carbocycles. The lowest BCUT2D eigenvalue weighted by atomic mass is 10.1. The molecule has 142 valence electrons. The van der Waals surface area contributed by atoms with E-state index in [1.54, 1.807) is 12.3 Å². The third-order valence-electron chi connectivity index (χ3n) is 4.91. The van der Waals surface area contributed by atoms with Crippen LogP contribution in [0.25, 0.3) is 11.2 Å². The van der Waals surface area contributed by atoms with Crippen LogP contribution in [-0.4, -0.2) is 67.9 Å². The first-order valence-corrected chi connectivity index (χ1v) is 9.16. The monoisotopic (exact) mass is 391 g/mol. The number of H-pyrrole nitrogens is 2. The van der Waals surface area contributed by atoms with E-state index in [9.17, 15) is 5.11 Å². The van der Waals surface area contributed by atoms with Gasteiger partial charge in [0.1, 0.15) is 18.3 Å². The van der Waals surface area contributed by atoms with E-state index in [-0.39, 0.29) is 24.9 Å². The summed E-state index contributed by atoms with van der Waals surface area (Å²) in [7, 11) is 0. The van der Waals surface area contributed by atoms with Crippen LogP contribution in [0.2, 0.25) is 5.02 Å². The number of hydrogen-bond acceptors (Lipinski definition) is 7. The van der Waals surface area contributed by atoms with Crippen molar-refractivity contribution in [1.82, 2.24) is 25.1 Å². The minimum atomic E-state index is -0.614. The highest BCUT2D eigenvalue weighted by Gasteiger charge is 2.48. The molecule has 2 aliphatic rings. The molecule has 0 aliphatic carbocycles. The summed E-state index contributed by atoms with van der Waals surface area (Å²) in [5.74, 6) is 0. The summed E-state index contributed by atoms with van der Waals surface area (Å²) in [5, 5.41) is 17.3. The van der Waals surface area contributed by atoms with Gasteiger partial charge in [0.15, 0.2) is 11.8 Å². The fourth-order valence-corrected chi connectivity index (χ4v) is 3.77. The van der Waals surface area contributed by atoms with E-state index in [1.165, 1.54) is 0 Å². The van der Waals surface area contributed by atoms with Crippen LogP contribution in [0.3, 0.4) is 0 Å². The Morgan fingerprint density at radius 2 is 2.11 bits per heavy atom. The normalized spacial score (nSPS) is 27.3. The van der Waals surface area contributed by atoms with Crippen LogP contribution in [0.1, 0.15) is 11.4 Å². The average Bonchev–Trinajstić information content (AvgIpc) is 3.41. The molecule has 9 nitrogen and oxygen atoms in total. The minimum Gasteiger partial charge on any atom is -0.456 e. The largest absolute Gasteiger partial charge is 0.456 e. The highest BCUT2D eigenvalue weighted by Crippen LogP contribution is 2.30. The van der Waals surface area contributed by atoms with E-state index < -0.39 is 6.10 Å². The summed E-state index contributed by atoms with van der Waals surface area (Å²) in [6.07, 6.45) is 1.56. The summed E-state index contributed by atoms with van der Waals surface area (Å²) >= 11 is 6.37. The molecule has 10 heteroatoms. The van der Waals surface area contributed by atoms with E-state index in [4.69, 9.17) is 25.8 Å². The Bertz CT molecular complexity index is 946. The van der Waals surface area contributed by atoms with Crippen molar-refractivity contribution in [2.45, 2.75) is 37.3 Å². The van der Waals surface area contributed by atoms with Gasteiger partial charge in [0.25, 0.3) is 6.01 Å². The number of aliphatic hydroxyl groups excluding tert-OH is 1. The second-order valence-corrected chi connectivity index (χ2v) is 7.14. The topological polar surface area (TPSA) is 118 Å². The van der Waals surface area contributed by atoms with Crippen LogP contribution >= 0.6 is 11.6 Å². The third kappa shape index (κ3) is 3.16. The van der Waals surface area contributed by atoms with Crippen LogP contribution in [0.15, 0.2) is 18.3 Å². The lowest BCUT2D eigenvalue weighted by Gasteiger charge is -2.15. The van der Waals surface area contributed by atoms with Gasteiger partial charge in [0.05, 0.1) is 29.4 Å². The van der Waals surface area contributed by atoms with Crippen molar-refractivity contribution in [3.05, 3.63) is 34.7 Å². The number of nitrogens with zero attached hydrogens (tertiary/aromatic N) is 3. The number of hydrogen-bond donors (Lipinski definition) is 3. The fourth-order valence-electron chi connectivity index (χ4n) is 3.53. The van der Waals surface area contributed by atoms with Crippen molar-refractivity contribution in [2.24, 2.45) is 0 Å². The Morgan fingerprint density at radius 1 is 1.22 bits per heavy atom. The van der Waals surface area contributed by atoms with Gasteiger partial charge in [0, 0.05) is 11.9 Å². The molecule has 3 aromatic rings. The maximum absolute atomic E-state index is 9.82. The van der Waals surface area contributed by atoms with Crippen LogP contribution in [0.4, 0.5) is 0 Å². The first-order chi connectivity index (χ1) is 13.2. The molecule has 2 fully saturated rings. The SMILES string of the molecule is O[C@@H]1CO[C@H]2[C@@H]1OC[C@H]2Oc1nc2nc(CCc3ccn[nH]3)c(Cl)cc2[nH]1. The molecule has 3 N–H and O–H groups in total. The standard InChI is InChI=1S/C17H18ClN5O4/c18-9-5-11-16(20-10(9)2-1-8-3-4-19-23-8)22-17(21-11)27-13-7-26-14-12(24)6-25-15(13)14/h3-5,12-15,24H,1-2,6-7H2,(H,19,23)(H,20,21,22)/t12-,13-,14-,15-/m1/s1. The molecule has 0 bridgehead atoms. The maximum atomic E-state index is 9.82. The van der Waals surface area contributed by atoms with Gasteiger partial charge < -0.3 is 24.3 Å². The van der Waals surface area contributed by atoms with E-state index in [1.807, 2.05) is 6.07 Å². The van der Waals surface area contributed by atoms with E-state index >= 15 is 0 Å². The molecule has 5 heterocycles. The lowest BCUT2D eigenvalue weighted by Crippen LogP contribution is -2.34. The van der Waals surface area contributed by atoms with Gasteiger partial charge in [-0.3, -0.25) is 5.10 Å². The summed E-state index contributed by atoms with van der Waals surface area (Å²) in [6, 6.07) is 4.06. The second kappa shape index (κ2) is 6.75. The smallest absolute Gasteiger partial charge is 0.296 e. The van der Waals surface area contributed by atoms with Gasteiger partial charge in [-0.2, -0.15) is 10.1 Å². The molecule has 4 atom stereocenters. The molecule has 5 rings (SSSR count). The first-order valence-electron chi connectivity index (χ1n) is 8.78. The predicted molar refractivity (Wildman–Crippen MR) is 94.8 cm³/mol. The number of rotatable bonds is 5. The van der Waals surface area contributed by atoms with Gasteiger partial charge in [-0.1, -0.05) is 11.6 Å². The van der Waals surface area contributed by atoms with Crippen LogP contribution in [0.5, 0.6) is 6.01 Å². The third-order valence-corrected chi connectivity index (χ3v) is 5.24. The summed E-state index contributed by atoms with van der Waals surface area (Å²) in [5.41, 5.74) is 3.02. The highest BCUT2D eigenvalue weighted by atomic mass is 35.5. The van der Waals surface area contributed by atoms with Crippen molar-refractivity contribution in [2.75, 3.05) is 13.2 Å². The zero-order valence-corrected chi connectivity index (χ0v) is 15.0. The lowest BCUT2D eigenvalue weighted by molar-refractivity contribution is 0.00706. The number of aromatic nitrogens is 5. The molecule has 2 saturated heterocycles. The number of imidazole rings is 1. The number of pyridine rings is 1. The maximum Gasteiger partial charge on any atom is 0.296 e. The van der Waals surface area contributed by atoms with E-state index in [0.29, 0.717) is 35.2 Å². The number of aliphatic hydroxyl groups is 1. The predicted octanol–water partition coefficient (Wildman–Crippen LogP) is 1.03. The van der Waals surface area contributed by atoms with Crippen LogP contribution in [0, 0.1) is 0 Å². The molecule has 0 unspecified atom stereocenters. The second-order valence-electron chi connectivity index (χ2n) is 6.73. The van der Waals surface area contributed by atoms with Crippen LogP contribution < -0.4 is 4.74 Å².